The molecule has 94 valence electrons. The van der Waals surface area contributed by atoms with E-state index in [1.807, 2.05) is 0 Å². The van der Waals surface area contributed by atoms with Gasteiger partial charge in [0, 0.05) is 14.9 Å². The zero-order chi connectivity index (χ0) is 13.0. The van der Waals surface area contributed by atoms with Crippen LogP contribution >= 0.6 is 31.9 Å². The van der Waals surface area contributed by atoms with Crippen molar-refractivity contribution in [3.05, 3.63) is 68.6 Å². The number of halogens is 2. The molecule has 0 heterocycles. The monoisotopic (exact) mass is 366 g/mol. The van der Waals surface area contributed by atoms with E-state index in [0.717, 1.165) is 8.95 Å². The summed E-state index contributed by atoms with van der Waals surface area (Å²) in [5.41, 5.74) is 2.78. The molecule has 2 aromatic carbocycles. The lowest BCUT2D eigenvalue weighted by Crippen LogP contribution is -2.00. The predicted molar refractivity (Wildman–Crippen MR) is 85.0 cm³/mol. The van der Waals surface area contributed by atoms with Gasteiger partial charge in [-0.2, -0.15) is 0 Å². The molecule has 18 heavy (non-hydrogen) atoms. The second-order valence-electron chi connectivity index (χ2n) is 4.44. The molecule has 0 aliphatic rings. The Labute approximate surface area is 126 Å². The van der Waals surface area contributed by atoms with Crippen LogP contribution in [0.3, 0.4) is 0 Å². The fraction of sp³-hybridized carbons (Fsp3) is 0.250. The maximum Gasteiger partial charge on any atom is 0.0175 e. The predicted octanol–water partition coefficient (Wildman–Crippen LogP) is 6.14. The van der Waals surface area contributed by atoms with Crippen LogP contribution in [-0.2, 0) is 0 Å². The smallest absolute Gasteiger partial charge is 0.0175 e. The van der Waals surface area contributed by atoms with Crippen LogP contribution in [0.25, 0.3) is 0 Å². The number of hydrogen-bond acceptors (Lipinski definition) is 0. The van der Waals surface area contributed by atoms with Crippen LogP contribution in [0.5, 0.6) is 0 Å². The Hall–Kier alpha value is -0.600. The number of rotatable bonds is 4. The van der Waals surface area contributed by atoms with Crippen molar-refractivity contribution < 1.29 is 0 Å². The molecule has 0 saturated carbocycles. The van der Waals surface area contributed by atoms with Crippen molar-refractivity contribution in [2.24, 2.45) is 0 Å². The molecule has 0 nitrogen and oxygen atoms in total. The third-order valence-corrected chi connectivity index (χ3v) is 4.18. The van der Waals surface area contributed by atoms with Gasteiger partial charge < -0.3 is 0 Å². The highest BCUT2D eigenvalue weighted by Crippen LogP contribution is 2.30. The van der Waals surface area contributed by atoms with E-state index in [2.05, 4.69) is 87.3 Å². The molecule has 0 aliphatic carbocycles. The Bertz CT molecular complexity index is 440. The number of benzene rings is 2. The van der Waals surface area contributed by atoms with Crippen molar-refractivity contribution in [3.8, 4) is 0 Å². The zero-order valence-corrected chi connectivity index (χ0v) is 13.5. The first kappa shape index (κ1) is 13.8. The van der Waals surface area contributed by atoms with Crippen molar-refractivity contribution in [1.82, 2.24) is 0 Å². The van der Waals surface area contributed by atoms with Gasteiger partial charge in [0.1, 0.15) is 0 Å². The molecular formula is C16H16Br2. The highest BCUT2D eigenvalue weighted by atomic mass is 79.9. The maximum absolute atomic E-state index is 3.49. The van der Waals surface area contributed by atoms with Crippen molar-refractivity contribution in [1.29, 1.82) is 0 Å². The molecule has 0 radical (unpaired) electrons. The average molecular weight is 368 g/mol. The van der Waals surface area contributed by atoms with Crippen LogP contribution < -0.4 is 0 Å². The molecule has 0 saturated heterocycles. The van der Waals surface area contributed by atoms with Gasteiger partial charge in [-0.05, 0) is 41.8 Å². The summed E-state index contributed by atoms with van der Waals surface area (Å²) in [5, 5.41) is 0. The lowest BCUT2D eigenvalue weighted by molar-refractivity contribution is 0.698. The number of hydrogen-bond donors (Lipinski definition) is 0. The van der Waals surface area contributed by atoms with Crippen LogP contribution in [-0.4, -0.2) is 0 Å². The minimum Gasteiger partial charge on any atom is -0.0653 e. The third kappa shape index (κ3) is 3.46. The zero-order valence-electron chi connectivity index (χ0n) is 10.4. The molecule has 2 aromatic rings. The Morgan fingerprint density at radius 1 is 0.778 bits per heavy atom. The summed E-state index contributed by atoms with van der Waals surface area (Å²) in [7, 11) is 0. The van der Waals surface area contributed by atoms with E-state index >= 15 is 0 Å². The quantitative estimate of drug-likeness (QED) is 0.608. The second kappa shape index (κ2) is 6.53. The lowest BCUT2D eigenvalue weighted by Gasteiger charge is -2.17. The standard InChI is InChI=1S/C16H16Br2/c1-2-3-16(12-4-8-14(17)9-5-12)13-6-10-15(18)11-7-13/h4-11,16H,2-3H2,1H3. The van der Waals surface area contributed by atoms with Crippen LogP contribution in [0.4, 0.5) is 0 Å². The summed E-state index contributed by atoms with van der Waals surface area (Å²) >= 11 is 6.99. The van der Waals surface area contributed by atoms with Crippen LogP contribution in [0, 0.1) is 0 Å². The Morgan fingerprint density at radius 2 is 1.17 bits per heavy atom. The van der Waals surface area contributed by atoms with E-state index in [1.165, 1.54) is 24.0 Å². The average Bonchev–Trinajstić information content (AvgIpc) is 2.39. The van der Waals surface area contributed by atoms with E-state index in [4.69, 9.17) is 0 Å². The summed E-state index contributed by atoms with van der Waals surface area (Å²) < 4.78 is 2.27. The van der Waals surface area contributed by atoms with Crippen LogP contribution in [0.1, 0.15) is 36.8 Å². The molecule has 0 fully saturated rings. The molecular weight excluding hydrogens is 352 g/mol. The van der Waals surface area contributed by atoms with Gasteiger partial charge in [0.25, 0.3) is 0 Å². The van der Waals surface area contributed by atoms with E-state index in [1.54, 1.807) is 0 Å². The van der Waals surface area contributed by atoms with Crippen molar-refractivity contribution in [3.63, 3.8) is 0 Å². The van der Waals surface area contributed by atoms with Gasteiger partial charge in [0.2, 0.25) is 0 Å². The largest absolute Gasteiger partial charge is 0.0653 e. The first-order valence-corrected chi connectivity index (χ1v) is 7.80. The van der Waals surface area contributed by atoms with Gasteiger partial charge in [-0.15, -0.1) is 0 Å². The minimum absolute atomic E-state index is 0.496. The molecule has 0 spiro atoms. The molecule has 0 aliphatic heterocycles. The lowest BCUT2D eigenvalue weighted by atomic mass is 9.88. The minimum atomic E-state index is 0.496. The van der Waals surface area contributed by atoms with Gasteiger partial charge in [-0.3, -0.25) is 0 Å². The van der Waals surface area contributed by atoms with Crippen molar-refractivity contribution in [2.45, 2.75) is 25.7 Å². The topological polar surface area (TPSA) is 0 Å². The molecule has 0 unspecified atom stereocenters. The molecule has 0 atom stereocenters. The normalized spacial score (nSPS) is 10.9. The van der Waals surface area contributed by atoms with Crippen molar-refractivity contribution >= 4 is 31.9 Å². The van der Waals surface area contributed by atoms with Crippen LogP contribution in [0.2, 0.25) is 0 Å². The summed E-state index contributed by atoms with van der Waals surface area (Å²) in [4.78, 5) is 0. The summed E-state index contributed by atoms with van der Waals surface area (Å²) in [6.07, 6.45) is 2.38. The van der Waals surface area contributed by atoms with E-state index < -0.39 is 0 Å². The highest BCUT2D eigenvalue weighted by Gasteiger charge is 2.12. The molecule has 2 rings (SSSR count). The molecule has 0 N–H and O–H groups in total. The summed E-state index contributed by atoms with van der Waals surface area (Å²) in [6, 6.07) is 17.3. The van der Waals surface area contributed by atoms with Crippen molar-refractivity contribution in [2.75, 3.05) is 0 Å². The fourth-order valence-corrected chi connectivity index (χ4v) is 2.73. The van der Waals surface area contributed by atoms with Gasteiger partial charge in [0.15, 0.2) is 0 Å². The maximum atomic E-state index is 3.49. The summed E-state index contributed by atoms with van der Waals surface area (Å²) in [6.45, 7) is 2.24. The van der Waals surface area contributed by atoms with E-state index in [0.29, 0.717) is 5.92 Å². The second-order valence-corrected chi connectivity index (χ2v) is 6.28. The van der Waals surface area contributed by atoms with E-state index in [9.17, 15) is 0 Å². The fourth-order valence-electron chi connectivity index (χ4n) is 2.20. The highest BCUT2D eigenvalue weighted by molar-refractivity contribution is 9.10. The van der Waals surface area contributed by atoms with Gasteiger partial charge in [-0.25, -0.2) is 0 Å². The summed E-state index contributed by atoms with van der Waals surface area (Å²) in [5.74, 6) is 0.496. The molecule has 0 aromatic heterocycles. The molecule has 0 amide bonds. The third-order valence-electron chi connectivity index (χ3n) is 3.12. The Morgan fingerprint density at radius 3 is 1.50 bits per heavy atom. The Balaban J connectivity index is 2.33. The van der Waals surface area contributed by atoms with Gasteiger partial charge in [-0.1, -0.05) is 69.5 Å². The first-order chi connectivity index (χ1) is 8.70. The van der Waals surface area contributed by atoms with Gasteiger partial charge in [0.05, 0.1) is 0 Å². The SMILES string of the molecule is CCCC(c1ccc(Br)cc1)c1ccc(Br)cc1. The Kier molecular flexibility index (Phi) is 5.02. The first-order valence-electron chi connectivity index (χ1n) is 6.21. The van der Waals surface area contributed by atoms with Gasteiger partial charge >= 0.3 is 0 Å². The molecule has 2 heteroatoms. The van der Waals surface area contributed by atoms with Crippen LogP contribution in [0.15, 0.2) is 57.5 Å². The van der Waals surface area contributed by atoms with E-state index in [-0.39, 0.29) is 0 Å². The molecule has 0 bridgehead atoms.